The Bertz CT molecular complexity index is 441. The van der Waals surface area contributed by atoms with Crippen LogP contribution in [-0.2, 0) is 4.79 Å². The summed E-state index contributed by atoms with van der Waals surface area (Å²) in [6.45, 7) is 3.57. The fourth-order valence-corrected chi connectivity index (χ4v) is 3.25. The molecule has 0 heterocycles. The summed E-state index contributed by atoms with van der Waals surface area (Å²) < 4.78 is 0. The summed E-state index contributed by atoms with van der Waals surface area (Å²) in [6, 6.07) is 10.3. The molecule has 0 aromatic heterocycles. The van der Waals surface area contributed by atoms with Gasteiger partial charge in [0.05, 0.1) is 5.92 Å². The lowest BCUT2D eigenvalue weighted by atomic mass is 9.89. The first kappa shape index (κ1) is 16.0. The van der Waals surface area contributed by atoms with E-state index in [0.717, 1.165) is 37.8 Å². The van der Waals surface area contributed by atoms with Crippen LogP contribution in [0.5, 0.6) is 0 Å². The second kappa shape index (κ2) is 7.57. The lowest BCUT2D eigenvalue weighted by molar-refractivity contribution is -0.139. The summed E-state index contributed by atoms with van der Waals surface area (Å²) >= 11 is 0. The predicted molar refractivity (Wildman–Crippen MR) is 84.3 cm³/mol. The van der Waals surface area contributed by atoms with Crippen molar-refractivity contribution in [2.45, 2.75) is 50.6 Å². The van der Waals surface area contributed by atoms with Crippen LogP contribution < -0.4 is 5.73 Å². The van der Waals surface area contributed by atoms with Crippen molar-refractivity contribution in [3.05, 3.63) is 35.9 Å². The minimum absolute atomic E-state index is 0.323. The molecule has 1 aliphatic rings. The minimum atomic E-state index is -0.743. The standard InChI is InChI=1S/C17H26N2O2/c1-2-19(15-10-8-14(18)9-11-15)12-16(17(20)21)13-6-4-3-5-7-13/h3-7,14-16H,2,8-12,18H2,1H3,(H,20,21). The number of hydrogen-bond acceptors (Lipinski definition) is 3. The van der Waals surface area contributed by atoms with Gasteiger partial charge in [-0.25, -0.2) is 0 Å². The van der Waals surface area contributed by atoms with Crippen molar-refractivity contribution in [1.82, 2.24) is 4.90 Å². The molecule has 1 aromatic rings. The van der Waals surface area contributed by atoms with Crippen molar-refractivity contribution in [1.29, 1.82) is 0 Å². The first-order valence-corrected chi connectivity index (χ1v) is 7.89. The van der Waals surface area contributed by atoms with Gasteiger partial charge < -0.3 is 10.8 Å². The molecule has 0 aliphatic heterocycles. The van der Waals surface area contributed by atoms with E-state index in [1.165, 1.54) is 0 Å². The second-order valence-electron chi connectivity index (χ2n) is 5.96. The molecule has 0 amide bonds. The van der Waals surface area contributed by atoms with Gasteiger partial charge in [-0.05, 0) is 37.8 Å². The largest absolute Gasteiger partial charge is 0.481 e. The monoisotopic (exact) mass is 290 g/mol. The molecule has 1 aliphatic carbocycles. The van der Waals surface area contributed by atoms with Gasteiger partial charge in [-0.2, -0.15) is 0 Å². The number of carboxylic acid groups (broad SMARTS) is 1. The minimum Gasteiger partial charge on any atom is -0.481 e. The molecule has 1 aromatic carbocycles. The molecule has 0 spiro atoms. The Labute approximate surface area is 126 Å². The van der Waals surface area contributed by atoms with Crippen LogP contribution in [0.25, 0.3) is 0 Å². The summed E-state index contributed by atoms with van der Waals surface area (Å²) in [5, 5.41) is 9.56. The highest BCUT2D eigenvalue weighted by atomic mass is 16.4. The zero-order valence-electron chi connectivity index (χ0n) is 12.7. The number of nitrogens with two attached hydrogens (primary N) is 1. The summed E-state index contributed by atoms with van der Waals surface area (Å²) in [5.74, 6) is -1.20. The van der Waals surface area contributed by atoms with Crippen molar-refractivity contribution in [3.63, 3.8) is 0 Å². The fourth-order valence-electron chi connectivity index (χ4n) is 3.25. The van der Waals surface area contributed by atoms with Gasteiger partial charge in [0.25, 0.3) is 0 Å². The van der Waals surface area contributed by atoms with Crippen LogP contribution in [-0.4, -0.2) is 41.1 Å². The van der Waals surface area contributed by atoms with Crippen LogP contribution in [0, 0.1) is 0 Å². The molecule has 1 saturated carbocycles. The Morgan fingerprint density at radius 2 is 1.90 bits per heavy atom. The molecule has 1 unspecified atom stereocenters. The van der Waals surface area contributed by atoms with Gasteiger partial charge in [-0.15, -0.1) is 0 Å². The third-order valence-electron chi connectivity index (χ3n) is 4.58. The van der Waals surface area contributed by atoms with E-state index >= 15 is 0 Å². The molecular formula is C17H26N2O2. The molecule has 2 rings (SSSR count). The van der Waals surface area contributed by atoms with Crippen LogP contribution in [0.4, 0.5) is 0 Å². The Kier molecular flexibility index (Phi) is 5.76. The maximum Gasteiger partial charge on any atom is 0.312 e. The van der Waals surface area contributed by atoms with Gasteiger partial charge in [-0.3, -0.25) is 9.69 Å². The maximum absolute atomic E-state index is 11.6. The number of hydrogen-bond donors (Lipinski definition) is 2. The number of likely N-dealkylation sites (N-methyl/N-ethyl adjacent to an activating group) is 1. The lowest BCUT2D eigenvalue weighted by Crippen LogP contribution is -2.43. The molecule has 4 nitrogen and oxygen atoms in total. The van der Waals surface area contributed by atoms with Crippen LogP contribution in [0.2, 0.25) is 0 Å². The molecule has 0 radical (unpaired) electrons. The van der Waals surface area contributed by atoms with Crippen molar-refractivity contribution >= 4 is 5.97 Å². The van der Waals surface area contributed by atoms with Gasteiger partial charge in [0, 0.05) is 18.6 Å². The van der Waals surface area contributed by atoms with Gasteiger partial charge >= 0.3 is 5.97 Å². The van der Waals surface area contributed by atoms with Gasteiger partial charge in [-0.1, -0.05) is 37.3 Å². The Morgan fingerprint density at radius 3 is 2.43 bits per heavy atom. The topological polar surface area (TPSA) is 66.6 Å². The SMILES string of the molecule is CCN(CC(C(=O)O)c1ccccc1)C1CCC(N)CC1. The normalized spacial score (nSPS) is 24.0. The van der Waals surface area contributed by atoms with Crippen LogP contribution >= 0.6 is 0 Å². The Morgan fingerprint density at radius 1 is 1.29 bits per heavy atom. The molecule has 1 atom stereocenters. The number of carbonyl (C=O) groups is 1. The first-order chi connectivity index (χ1) is 10.1. The van der Waals surface area contributed by atoms with E-state index in [1.807, 2.05) is 30.3 Å². The average Bonchev–Trinajstić information content (AvgIpc) is 2.50. The highest BCUT2D eigenvalue weighted by molar-refractivity contribution is 5.76. The van der Waals surface area contributed by atoms with Gasteiger partial charge in [0.15, 0.2) is 0 Å². The number of carboxylic acids is 1. The predicted octanol–water partition coefficient (Wildman–Crippen LogP) is 2.45. The summed E-state index contributed by atoms with van der Waals surface area (Å²) in [4.78, 5) is 14.0. The highest BCUT2D eigenvalue weighted by Crippen LogP contribution is 2.25. The second-order valence-corrected chi connectivity index (χ2v) is 5.96. The van der Waals surface area contributed by atoms with Crippen molar-refractivity contribution in [2.75, 3.05) is 13.1 Å². The molecule has 0 bridgehead atoms. The van der Waals surface area contributed by atoms with Gasteiger partial charge in [0.1, 0.15) is 0 Å². The van der Waals surface area contributed by atoms with Crippen molar-refractivity contribution < 1.29 is 9.90 Å². The number of benzene rings is 1. The molecular weight excluding hydrogens is 264 g/mol. The van der Waals surface area contributed by atoms with Gasteiger partial charge in [0.2, 0.25) is 0 Å². The first-order valence-electron chi connectivity index (χ1n) is 7.89. The maximum atomic E-state index is 11.6. The van der Waals surface area contributed by atoms with E-state index in [-0.39, 0.29) is 0 Å². The number of rotatable bonds is 6. The van der Waals surface area contributed by atoms with E-state index in [2.05, 4.69) is 11.8 Å². The molecule has 116 valence electrons. The summed E-state index contributed by atoms with van der Waals surface area (Å²) in [6.07, 6.45) is 4.25. The fraction of sp³-hybridized carbons (Fsp3) is 0.588. The molecule has 4 heteroatoms. The summed E-state index contributed by atoms with van der Waals surface area (Å²) in [7, 11) is 0. The number of aliphatic carboxylic acids is 1. The molecule has 1 fully saturated rings. The molecule has 3 N–H and O–H groups in total. The van der Waals surface area contributed by atoms with Crippen LogP contribution in [0.15, 0.2) is 30.3 Å². The highest BCUT2D eigenvalue weighted by Gasteiger charge is 2.28. The summed E-state index contributed by atoms with van der Waals surface area (Å²) in [5.41, 5.74) is 6.85. The molecule has 0 saturated heterocycles. The number of nitrogens with zero attached hydrogens (tertiary/aromatic N) is 1. The molecule has 21 heavy (non-hydrogen) atoms. The average molecular weight is 290 g/mol. The lowest BCUT2D eigenvalue weighted by Gasteiger charge is -2.36. The van der Waals surface area contributed by atoms with Crippen LogP contribution in [0.3, 0.4) is 0 Å². The Hall–Kier alpha value is -1.39. The van der Waals surface area contributed by atoms with E-state index in [1.54, 1.807) is 0 Å². The Balaban J connectivity index is 2.06. The van der Waals surface area contributed by atoms with Crippen molar-refractivity contribution in [2.24, 2.45) is 5.73 Å². The zero-order valence-corrected chi connectivity index (χ0v) is 12.7. The van der Waals surface area contributed by atoms with E-state index < -0.39 is 11.9 Å². The third-order valence-corrected chi connectivity index (χ3v) is 4.58. The van der Waals surface area contributed by atoms with Crippen molar-refractivity contribution in [3.8, 4) is 0 Å². The third kappa shape index (κ3) is 4.29. The van der Waals surface area contributed by atoms with E-state index in [0.29, 0.717) is 18.6 Å². The van der Waals surface area contributed by atoms with Crippen LogP contribution in [0.1, 0.15) is 44.1 Å². The smallest absolute Gasteiger partial charge is 0.312 e. The zero-order chi connectivity index (χ0) is 15.2. The van der Waals surface area contributed by atoms with E-state index in [9.17, 15) is 9.90 Å². The van der Waals surface area contributed by atoms with E-state index in [4.69, 9.17) is 5.73 Å². The quantitative estimate of drug-likeness (QED) is 0.844.